The highest BCUT2D eigenvalue weighted by Gasteiger charge is 2.28. The maximum Gasteiger partial charge on any atom is 0.472 e. The third-order valence-corrected chi connectivity index (χ3v) is 5.62. The fourth-order valence-electron chi connectivity index (χ4n) is 3.44. The van der Waals surface area contributed by atoms with Crippen molar-refractivity contribution in [3.63, 3.8) is 0 Å². The van der Waals surface area contributed by atoms with Crippen LogP contribution in [0.2, 0.25) is 0 Å². The molecule has 0 saturated heterocycles. The lowest BCUT2D eigenvalue weighted by Crippen LogP contribution is -2.30. The Morgan fingerprint density at radius 3 is 2.64 bits per heavy atom. The van der Waals surface area contributed by atoms with Gasteiger partial charge in [0.2, 0.25) is 6.79 Å². The molecule has 0 aliphatic rings. The van der Waals surface area contributed by atoms with Crippen molar-refractivity contribution in [1.29, 1.82) is 0 Å². The van der Waals surface area contributed by atoms with Crippen LogP contribution in [0.15, 0.2) is 53.6 Å². The SMILES string of the molecule is CCNC(=O)c1cc2c(N(C(=O)OCOP(=O)(O)O)c3cc(C(=O)Nc4ccon4)ccc3C)ncnn2c1. The molecule has 4 rings (SSSR count). The fraction of sp³-hybridized carbons (Fsp3) is 0.182. The highest BCUT2D eigenvalue weighted by Crippen LogP contribution is 2.36. The van der Waals surface area contributed by atoms with Gasteiger partial charge in [-0.15, -0.1) is 0 Å². The zero-order valence-electron chi connectivity index (χ0n) is 20.5. The van der Waals surface area contributed by atoms with Gasteiger partial charge in [-0.3, -0.25) is 9.59 Å². The van der Waals surface area contributed by atoms with Crippen molar-refractivity contribution in [1.82, 2.24) is 25.1 Å². The molecule has 0 radical (unpaired) electrons. The van der Waals surface area contributed by atoms with Crippen LogP contribution >= 0.6 is 7.82 Å². The zero-order valence-corrected chi connectivity index (χ0v) is 21.4. The van der Waals surface area contributed by atoms with E-state index >= 15 is 0 Å². The zero-order chi connectivity index (χ0) is 28.2. The number of hydrogen-bond acceptors (Lipinski definition) is 10. The van der Waals surface area contributed by atoms with E-state index in [1.54, 1.807) is 19.9 Å². The van der Waals surface area contributed by atoms with Crippen molar-refractivity contribution in [3.05, 3.63) is 65.8 Å². The van der Waals surface area contributed by atoms with Gasteiger partial charge in [0.25, 0.3) is 11.8 Å². The van der Waals surface area contributed by atoms with E-state index in [-0.39, 0.29) is 39.9 Å². The maximum atomic E-state index is 13.3. The molecule has 0 unspecified atom stereocenters. The van der Waals surface area contributed by atoms with E-state index < -0.39 is 26.6 Å². The first-order valence-corrected chi connectivity index (χ1v) is 12.7. The van der Waals surface area contributed by atoms with Gasteiger partial charge in [0, 0.05) is 24.4 Å². The molecule has 39 heavy (non-hydrogen) atoms. The summed E-state index contributed by atoms with van der Waals surface area (Å²) in [6.07, 6.45) is 2.69. The number of phosphoric acid groups is 1. The summed E-state index contributed by atoms with van der Waals surface area (Å²) in [7, 11) is -4.94. The van der Waals surface area contributed by atoms with Crippen LogP contribution in [0.25, 0.3) is 5.52 Å². The average Bonchev–Trinajstić information content (AvgIpc) is 3.55. The lowest BCUT2D eigenvalue weighted by Gasteiger charge is -2.24. The number of aromatic nitrogens is 4. The number of carbonyl (C=O) groups excluding carboxylic acids is 3. The number of aryl methyl sites for hydroxylation is 1. The highest BCUT2D eigenvalue weighted by molar-refractivity contribution is 7.46. The molecule has 17 heteroatoms. The van der Waals surface area contributed by atoms with Crippen molar-refractivity contribution in [2.75, 3.05) is 23.6 Å². The summed E-state index contributed by atoms with van der Waals surface area (Å²) in [5, 5.41) is 12.9. The Balaban J connectivity index is 1.79. The van der Waals surface area contributed by atoms with Crippen LogP contribution in [0, 0.1) is 6.92 Å². The number of nitrogens with zero attached hydrogens (tertiary/aromatic N) is 5. The molecule has 0 bridgehead atoms. The van der Waals surface area contributed by atoms with E-state index in [9.17, 15) is 18.9 Å². The van der Waals surface area contributed by atoms with Gasteiger partial charge in [-0.1, -0.05) is 11.2 Å². The smallest absolute Gasteiger partial charge is 0.421 e. The Morgan fingerprint density at radius 1 is 1.15 bits per heavy atom. The number of rotatable bonds is 9. The minimum Gasteiger partial charge on any atom is -0.421 e. The van der Waals surface area contributed by atoms with Gasteiger partial charge in [0.05, 0.1) is 11.3 Å². The number of phosphoric ester groups is 1. The molecule has 0 aliphatic carbocycles. The summed E-state index contributed by atoms with van der Waals surface area (Å²) in [5.41, 5.74) is 1.18. The van der Waals surface area contributed by atoms with Crippen LogP contribution in [0.3, 0.4) is 0 Å². The van der Waals surface area contributed by atoms with Gasteiger partial charge in [-0.2, -0.15) is 5.10 Å². The number of nitrogens with one attached hydrogen (secondary N) is 2. The van der Waals surface area contributed by atoms with Gasteiger partial charge in [0.15, 0.2) is 11.6 Å². The molecule has 4 aromatic rings. The van der Waals surface area contributed by atoms with Crippen molar-refractivity contribution in [2.24, 2.45) is 0 Å². The average molecular weight is 559 g/mol. The quantitative estimate of drug-likeness (QED) is 0.172. The molecular weight excluding hydrogens is 537 g/mol. The first kappa shape index (κ1) is 27.4. The van der Waals surface area contributed by atoms with E-state index in [4.69, 9.17) is 19.0 Å². The Hall–Kier alpha value is -4.63. The van der Waals surface area contributed by atoms with Gasteiger partial charge in [-0.05, 0) is 37.6 Å². The minimum atomic E-state index is -4.94. The van der Waals surface area contributed by atoms with Gasteiger partial charge >= 0.3 is 13.9 Å². The van der Waals surface area contributed by atoms with Crippen LogP contribution in [0.4, 0.5) is 22.1 Å². The second kappa shape index (κ2) is 11.4. The molecule has 0 saturated carbocycles. The number of fused-ring (bicyclic) bond motifs is 1. The normalized spacial score (nSPS) is 11.3. The maximum absolute atomic E-state index is 13.3. The fourth-order valence-corrected chi connectivity index (χ4v) is 3.63. The van der Waals surface area contributed by atoms with Gasteiger partial charge < -0.3 is 29.7 Å². The van der Waals surface area contributed by atoms with Crippen molar-refractivity contribution in [3.8, 4) is 0 Å². The summed E-state index contributed by atoms with van der Waals surface area (Å²) in [4.78, 5) is 61.6. The number of anilines is 3. The van der Waals surface area contributed by atoms with Crippen LogP contribution in [-0.4, -0.2) is 60.8 Å². The van der Waals surface area contributed by atoms with E-state index in [1.165, 1.54) is 41.2 Å². The van der Waals surface area contributed by atoms with Crippen LogP contribution in [0.1, 0.15) is 33.2 Å². The van der Waals surface area contributed by atoms with E-state index in [1.807, 2.05) is 0 Å². The van der Waals surface area contributed by atoms with Crippen LogP contribution in [0.5, 0.6) is 0 Å². The third kappa shape index (κ3) is 6.45. The molecule has 1 aromatic carbocycles. The number of hydrogen-bond donors (Lipinski definition) is 4. The molecule has 0 atom stereocenters. The lowest BCUT2D eigenvalue weighted by molar-refractivity contribution is 0.0445. The molecular formula is C22H22N7O9P. The molecule has 0 spiro atoms. The summed E-state index contributed by atoms with van der Waals surface area (Å²) < 4.78 is 26.3. The van der Waals surface area contributed by atoms with E-state index in [0.717, 1.165) is 11.2 Å². The molecule has 204 valence electrons. The highest BCUT2D eigenvalue weighted by atomic mass is 31.2. The molecule has 16 nitrogen and oxygen atoms in total. The molecule has 4 N–H and O–H groups in total. The summed E-state index contributed by atoms with van der Waals surface area (Å²) >= 11 is 0. The monoisotopic (exact) mass is 559 g/mol. The molecule has 0 aliphatic heterocycles. The van der Waals surface area contributed by atoms with Gasteiger partial charge in [-0.25, -0.2) is 28.3 Å². The minimum absolute atomic E-state index is 0.0566. The molecule has 0 fully saturated rings. The topological polar surface area (TPSA) is 211 Å². The number of ether oxygens (including phenoxy) is 1. The predicted molar refractivity (Wildman–Crippen MR) is 133 cm³/mol. The summed E-state index contributed by atoms with van der Waals surface area (Å²) in [6, 6.07) is 7.34. The molecule has 3 aromatic heterocycles. The third-order valence-electron chi connectivity index (χ3n) is 5.17. The summed E-state index contributed by atoms with van der Waals surface area (Å²) in [5.74, 6) is -0.853. The summed E-state index contributed by atoms with van der Waals surface area (Å²) in [6.45, 7) is 2.70. The largest absolute Gasteiger partial charge is 0.472 e. The first-order valence-electron chi connectivity index (χ1n) is 11.2. The number of carbonyl (C=O) groups is 3. The number of benzene rings is 1. The van der Waals surface area contributed by atoms with E-state index in [2.05, 4.69) is 30.4 Å². The molecule has 3 amide bonds. The lowest BCUT2D eigenvalue weighted by atomic mass is 10.1. The second-order valence-electron chi connectivity index (χ2n) is 7.82. The second-order valence-corrected chi connectivity index (χ2v) is 9.06. The number of amides is 3. The van der Waals surface area contributed by atoms with Gasteiger partial charge in [0.1, 0.15) is 18.1 Å². The first-order chi connectivity index (χ1) is 18.6. The Morgan fingerprint density at radius 2 is 1.95 bits per heavy atom. The van der Waals surface area contributed by atoms with E-state index in [0.29, 0.717) is 12.1 Å². The molecule has 3 heterocycles. The van der Waals surface area contributed by atoms with Crippen molar-refractivity contribution >= 4 is 48.6 Å². The van der Waals surface area contributed by atoms with Crippen LogP contribution in [-0.2, 0) is 13.8 Å². The Bertz CT molecular complexity index is 1570. The van der Waals surface area contributed by atoms with Crippen LogP contribution < -0.4 is 15.5 Å². The Labute approximate surface area is 219 Å². The predicted octanol–water partition coefficient (Wildman–Crippen LogP) is 2.37. The standard InChI is InChI=1S/C22H22N7O9P/c1-3-23-20(30)15-9-17-19(24-11-25-28(17)10-15)29(22(32)36-12-38-39(33,34)35)16-8-14(5-4-13(16)2)21(31)26-18-6-7-37-27-18/h4-11H,3,12H2,1-2H3,(H,23,30)(H,26,27,31)(H2,33,34,35). The van der Waals surface area contributed by atoms with Crippen molar-refractivity contribution < 1.29 is 42.5 Å². The Kier molecular flexibility index (Phi) is 8.01. The van der Waals surface area contributed by atoms with Crippen molar-refractivity contribution in [2.45, 2.75) is 13.8 Å².